The molecule has 2 heterocycles. The molecule has 0 unspecified atom stereocenters. The van der Waals surface area contributed by atoms with Gasteiger partial charge in [-0.05, 0) is 53.9 Å². The van der Waals surface area contributed by atoms with Crippen LogP contribution in [0, 0.1) is 0 Å². The van der Waals surface area contributed by atoms with Crippen LogP contribution >= 0.6 is 0 Å². The van der Waals surface area contributed by atoms with Crippen LogP contribution in [0.1, 0.15) is 18.2 Å². The van der Waals surface area contributed by atoms with Crippen molar-refractivity contribution in [2.45, 2.75) is 19.9 Å². The highest BCUT2D eigenvalue weighted by atomic mass is 16.5. The summed E-state index contributed by atoms with van der Waals surface area (Å²) in [6, 6.07) is 24.4. The number of benzene rings is 3. The van der Waals surface area contributed by atoms with E-state index in [1.165, 1.54) is 5.56 Å². The average molecular weight is 470 g/mol. The number of carbonyl (C=O) groups is 1. The van der Waals surface area contributed by atoms with E-state index in [2.05, 4.69) is 53.5 Å². The summed E-state index contributed by atoms with van der Waals surface area (Å²) in [4.78, 5) is 16.9. The Morgan fingerprint density at radius 3 is 2.49 bits per heavy atom. The second-order valence-corrected chi connectivity index (χ2v) is 8.91. The summed E-state index contributed by atoms with van der Waals surface area (Å²) in [5.41, 5.74) is 5.15. The first-order valence-electron chi connectivity index (χ1n) is 12.2. The van der Waals surface area contributed by atoms with Crippen LogP contribution in [-0.2, 0) is 13.0 Å². The number of fused-ring (bicyclic) bond motifs is 1. The van der Waals surface area contributed by atoms with Crippen molar-refractivity contribution in [2.24, 2.45) is 0 Å². The predicted octanol–water partition coefficient (Wildman–Crippen LogP) is 6.02. The van der Waals surface area contributed by atoms with Gasteiger partial charge in [-0.1, -0.05) is 43.3 Å². The van der Waals surface area contributed by atoms with Crippen LogP contribution in [0.15, 0.2) is 77.2 Å². The molecule has 0 spiro atoms. The van der Waals surface area contributed by atoms with Crippen LogP contribution in [0.5, 0.6) is 5.75 Å². The van der Waals surface area contributed by atoms with Crippen molar-refractivity contribution in [3.8, 4) is 16.9 Å². The molecule has 1 aliphatic heterocycles. The molecule has 1 aromatic heterocycles. The number of nitrogens with zero attached hydrogens (tertiary/aromatic N) is 2. The third-order valence-corrected chi connectivity index (χ3v) is 6.64. The summed E-state index contributed by atoms with van der Waals surface area (Å²) in [7, 11) is 1.69. The van der Waals surface area contributed by atoms with Crippen molar-refractivity contribution in [3.63, 3.8) is 0 Å². The third kappa shape index (κ3) is 5.17. The Kier molecular flexibility index (Phi) is 6.73. The van der Waals surface area contributed by atoms with Gasteiger partial charge in [0, 0.05) is 42.8 Å². The minimum atomic E-state index is -0.0403. The minimum Gasteiger partial charge on any atom is -0.496 e. The lowest BCUT2D eigenvalue weighted by atomic mass is 10.0. The van der Waals surface area contributed by atoms with Gasteiger partial charge in [-0.3, -0.25) is 4.90 Å². The van der Waals surface area contributed by atoms with Crippen molar-refractivity contribution in [1.82, 2.24) is 9.80 Å². The highest BCUT2D eigenvalue weighted by Crippen LogP contribution is 2.32. The van der Waals surface area contributed by atoms with E-state index < -0.39 is 0 Å². The molecular weight excluding hydrogens is 438 g/mol. The zero-order valence-corrected chi connectivity index (χ0v) is 20.3. The van der Waals surface area contributed by atoms with Crippen molar-refractivity contribution < 1.29 is 13.9 Å². The Morgan fingerprint density at radius 1 is 0.971 bits per heavy atom. The average Bonchev–Trinajstić information content (AvgIpc) is 3.31. The standard InChI is InChI=1S/C29H31N3O3/c1-3-21-8-11-24(12-9-21)30-29(33)32-16-14-31(15-17-32)20-25-19-23-18-22(10-13-27(23)35-25)26-6-4-5-7-28(26)34-2/h4-13,18-19H,3,14-17,20H2,1-2H3,(H,30,33). The molecule has 0 atom stereocenters. The van der Waals surface area contributed by atoms with Gasteiger partial charge in [-0.2, -0.15) is 0 Å². The van der Waals surface area contributed by atoms with E-state index in [4.69, 9.17) is 9.15 Å². The summed E-state index contributed by atoms with van der Waals surface area (Å²) in [5, 5.41) is 4.09. The maximum absolute atomic E-state index is 12.7. The Bertz CT molecular complexity index is 1300. The van der Waals surface area contributed by atoms with Crippen LogP contribution < -0.4 is 10.1 Å². The fourth-order valence-electron chi connectivity index (χ4n) is 4.58. The first-order chi connectivity index (χ1) is 17.1. The number of para-hydroxylation sites is 1. The SMILES string of the molecule is CCc1ccc(NC(=O)N2CCN(Cc3cc4cc(-c5ccccc5OC)ccc4o3)CC2)cc1. The second kappa shape index (κ2) is 10.2. The van der Waals surface area contributed by atoms with E-state index in [9.17, 15) is 4.79 Å². The summed E-state index contributed by atoms with van der Waals surface area (Å²) in [5.74, 6) is 1.79. The Morgan fingerprint density at radius 2 is 1.74 bits per heavy atom. The van der Waals surface area contributed by atoms with E-state index in [0.29, 0.717) is 13.1 Å². The monoisotopic (exact) mass is 469 g/mol. The number of furan rings is 1. The normalized spacial score (nSPS) is 14.3. The number of aryl methyl sites for hydroxylation is 1. The lowest BCUT2D eigenvalue weighted by Gasteiger charge is -2.34. The lowest BCUT2D eigenvalue weighted by Crippen LogP contribution is -2.49. The predicted molar refractivity (Wildman–Crippen MR) is 140 cm³/mol. The van der Waals surface area contributed by atoms with Crippen LogP contribution in [0.25, 0.3) is 22.1 Å². The van der Waals surface area contributed by atoms with Crippen LogP contribution in [0.3, 0.4) is 0 Å². The highest BCUT2D eigenvalue weighted by molar-refractivity contribution is 5.89. The number of ether oxygens (including phenoxy) is 1. The quantitative estimate of drug-likeness (QED) is 0.375. The van der Waals surface area contributed by atoms with Crippen molar-refractivity contribution in [3.05, 3.63) is 84.1 Å². The topological polar surface area (TPSA) is 58.0 Å². The fourth-order valence-corrected chi connectivity index (χ4v) is 4.58. The van der Waals surface area contributed by atoms with E-state index in [0.717, 1.165) is 65.3 Å². The maximum Gasteiger partial charge on any atom is 0.321 e. The molecule has 0 bridgehead atoms. The first-order valence-corrected chi connectivity index (χ1v) is 12.2. The number of urea groups is 1. The second-order valence-electron chi connectivity index (χ2n) is 8.91. The Labute approximate surface area is 206 Å². The van der Waals surface area contributed by atoms with E-state index in [1.807, 2.05) is 41.3 Å². The van der Waals surface area contributed by atoms with Gasteiger partial charge in [-0.15, -0.1) is 0 Å². The minimum absolute atomic E-state index is 0.0403. The van der Waals surface area contributed by atoms with Crippen molar-refractivity contribution in [1.29, 1.82) is 0 Å². The molecule has 0 radical (unpaired) electrons. The van der Waals surface area contributed by atoms with Gasteiger partial charge in [0.25, 0.3) is 0 Å². The van der Waals surface area contributed by atoms with E-state index >= 15 is 0 Å². The van der Waals surface area contributed by atoms with Gasteiger partial charge in [0.1, 0.15) is 17.1 Å². The molecule has 3 aromatic carbocycles. The van der Waals surface area contributed by atoms with E-state index in [-0.39, 0.29) is 6.03 Å². The summed E-state index contributed by atoms with van der Waals surface area (Å²) in [6.07, 6.45) is 0.990. The van der Waals surface area contributed by atoms with Crippen molar-refractivity contribution in [2.75, 3.05) is 38.6 Å². The molecule has 1 N–H and O–H groups in total. The molecule has 4 aromatic rings. The number of piperazine rings is 1. The molecular formula is C29H31N3O3. The van der Waals surface area contributed by atoms with Crippen LogP contribution in [0.4, 0.5) is 10.5 Å². The molecule has 6 nitrogen and oxygen atoms in total. The summed E-state index contributed by atoms with van der Waals surface area (Å²) in [6.45, 7) is 5.86. The Balaban J connectivity index is 1.19. The molecule has 2 amide bonds. The van der Waals surface area contributed by atoms with Gasteiger partial charge in [0.15, 0.2) is 0 Å². The van der Waals surface area contributed by atoms with Gasteiger partial charge in [-0.25, -0.2) is 4.79 Å². The zero-order chi connectivity index (χ0) is 24.2. The van der Waals surface area contributed by atoms with Crippen molar-refractivity contribution >= 4 is 22.7 Å². The summed E-state index contributed by atoms with van der Waals surface area (Å²) < 4.78 is 11.6. The van der Waals surface area contributed by atoms with Gasteiger partial charge >= 0.3 is 6.03 Å². The number of amides is 2. The number of methoxy groups -OCH3 is 1. The molecule has 5 rings (SSSR count). The number of hydrogen-bond donors (Lipinski definition) is 1. The van der Waals surface area contributed by atoms with Gasteiger partial charge < -0.3 is 19.4 Å². The number of carbonyl (C=O) groups excluding carboxylic acids is 1. The summed E-state index contributed by atoms with van der Waals surface area (Å²) >= 11 is 0. The molecule has 0 saturated carbocycles. The smallest absolute Gasteiger partial charge is 0.321 e. The maximum atomic E-state index is 12.7. The molecule has 1 saturated heterocycles. The number of hydrogen-bond acceptors (Lipinski definition) is 4. The zero-order valence-electron chi connectivity index (χ0n) is 20.3. The number of anilines is 1. The van der Waals surface area contributed by atoms with Gasteiger partial charge in [0.2, 0.25) is 0 Å². The molecule has 6 heteroatoms. The molecule has 35 heavy (non-hydrogen) atoms. The van der Waals surface area contributed by atoms with Crippen LogP contribution in [0.2, 0.25) is 0 Å². The highest BCUT2D eigenvalue weighted by Gasteiger charge is 2.22. The first kappa shape index (κ1) is 23.0. The molecule has 0 aliphatic carbocycles. The largest absolute Gasteiger partial charge is 0.496 e. The van der Waals surface area contributed by atoms with Crippen LogP contribution in [-0.4, -0.2) is 49.1 Å². The number of rotatable bonds is 6. The van der Waals surface area contributed by atoms with Gasteiger partial charge in [0.05, 0.1) is 13.7 Å². The molecule has 180 valence electrons. The third-order valence-electron chi connectivity index (χ3n) is 6.64. The fraction of sp³-hybridized carbons (Fsp3) is 0.276. The number of nitrogens with one attached hydrogen (secondary N) is 1. The lowest BCUT2D eigenvalue weighted by molar-refractivity contribution is 0.137. The molecule has 1 fully saturated rings. The van der Waals surface area contributed by atoms with E-state index in [1.54, 1.807) is 7.11 Å². The molecule has 1 aliphatic rings. The Hall–Kier alpha value is -3.77.